The molecule has 3 rings (SSSR count). The summed E-state index contributed by atoms with van der Waals surface area (Å²) in [4.78, 5) is 8.85. The van der Waals surface area contributed by atoms with Crippen LogP contribution in [-0.4, -0.2) is 16.5 Å². The lowest BCUT2D eigenvalue weighted by molar-refractivity contribution is 0.420. The zero-order valence-electron chi connectivity index (χ0n) is 11.3. The van der Waals surface area contributed by atoms with E-state index in [1.165, 1.54) is 30.4 Å². The summed E-state index contributed by atoms with van der Waals surface area (Å²) in [5.41, 5.74) is 3.72. The van der Waals surface area contributed by atoms with E-state index < -0.39 is 0 Å². The van der Waals surface area contributed by atoms with Crippen LogP contribution in [0.15, 0.2) is 36.5 Å². The number of nitrogens with one attached hydrogen (secondary N) is 1. The number of nitrogens with zero attached hydrogens (tertiary/aromatic N) is 2. The molecule has 0 saturated heterocycles. The van der Waals surface area contributed by atoms with Gasteiger partial charge >= 0.3 is 0 Å². The predicted octanol–water partition coefficient (Wildman–Crippen LogP) is 3.84. The van der Waals surface area contributed by atoms with Gasteiger partial charge in [0, 0.05) is 18.3 Å². The van der Waals surface area contributed by atoms with E-state index in [-0.39, 0.29) is 0 Å². The molecule has 1 aliphatic rings. The Balaban J connectivity index is 1.99. The minimum Gasteiger partial charge on any atom is -0.354 e. The Kier molecular flexibility index (Phi) is 3.45. The van der Waals surface area contributed by atoms with Crippen molar-refractivity contribution in [3.63, 3.8) is 0 Å². The summed E-state index contributed by atoms with van der Waals surface area (Å²) in [6.07, 6.45) is 5.80. The van der Waals surface area contributed by atoms with Crippen LogP contribution in [0.3, 0.4) is 0 Å². The van der Waals surface area contributed by atoms with E-state index in [4.69, 9.17) is 0 Å². The Labute approximate surface area is 114 Å². The first-order valence-electron chi connectivity index (χ1n) is 7.04. The maximum absolute atomic E-state index is 4.61. The fraction of sp³-hybridized carbons (Fsp3) is 0.375. The zero-order valence-corrected chi connectivity index (χ0v) is 11.3. The quantitative estimate of drug-likeness (QED) is 0.899. The second kappa shape index (κ2) is 5.39. The Bertz CT molecular complexity index is 561. The average Bonchev–Trinajstić information content (AvgIpc) is 2.38. The predicted molar refractivity (Wildman–Crippen MR) is 78.2 cm³/mol. The van der Waals surface area contributed by atoms with Gasteiger partial charge in [0.05, 0.1) is 5.69 Å². The Morgan fingerprint density at radius 3 is 2.79 bits per heavy atom. The van der Waals surface area contributed by atoms with Crippen molar-refractivity contribution in [1.29, 1.82) is 0 Å². The normalized spacial score (nSPS) is 15.0. The molecule has 1 aliphatic carbocycles. The molecule has 1 fully saturated rings. The summed E-state index contributed by atoms with van der Waals surface area (Å²) in [6, 6.07) is 10.6. The largest absolute Gasteiger partial charge is 0.354 e. The molecular weight excluding hydrogens is 234 g/mol. The SMILES string of the molecule is CCNc1nccc(-c2ccccc2C2CCC2)n1. The highest BCUT2D eigenvalue weighted by Crippen LogP contribution is 2.40. The number of rotatable bonds is 4. The molecule has 3 nitrogen and oxygen atoms in total. The summed E-state index contributed by atoms with van der Waals surface area (Å²) in [7, 11) is 0. The summed E-state index contributed by atoms with van der Waals surface area (Å²) in [5, 5.41) is 3.17. The summed E-state index contributed by atoms with van der Waals surface area (Å²) in [6.45, 7) is 2.89. The van der Waals surface area contributed by atoms with Crippen molar-refractivity contribution < 1.29 is 0 Å². The third kappa shape index (κ3) is 2.46. The zero-order chi connectivity index (χ0) is 13.1. The fourth-order valence-corrected chi connectivity index (χ4v) is 2.56. The van der Waals surface area contributed by atoms with Crippen molar-refractivity contribution in [3.8, 4) is 11.3 Å². The molecule has 1 aromatic carbocycles. The molecule has 98 valence electrons. The standard InChI is InChI=1S/C16H19N3/c1-2-17-16-18-11-10-15(19-16)14-9-4-3-8-13(14)12-6-5-7-12/h3-4,8-12H,2,5-7H2,1H3,(H,17,18,19). The van der Waals surface area contributed by atoms with E-state index in [2.05, 4.69) is 46.5 Å². The fourth-order valence-electron chi connectivity index (χ4n) is 2.56. The van der Waals surface area contributed by atoms with Gasteiger partial charge < -0.3 is 5.32 Å². The van der Waals surface area contributed by atoms with E-state index >= 15 is 0 Å². The number of aromatic nitrogens is 2. The molecule has 0 spiro atoms. The van der Waals surface area contributed by atoms with Crippen molar-refractivity contribution in [2.75, 3.05) is 11.9 Å². The monoisotopic (exact) mass is 253 g/mol. The van der Waals surface area contributed by atoms with Crippen LogP contribution >= 0.6 is 0 Å². The molecule has 0 bridgehead atoms. The number of anilines is 1. The molecule has 1 saturated carbocycles. The molecule has 3 heteroatoms. The van der Waals surface area contributed by atoms with Crippen LogP contribution in [-0.2, 0) is 0 Å². The highest BCUT2D eigenvalue weighted by Gasteiger charge is 2.22. The topological polar surface area (TPSA) is 37.8 Å². The number of hydrogen-bond acceptors (Lipinski definition) is 3. The Hall–Kier alpha value is -1.90. The minimum atomic E-state index is 0.711. The van der Waals surface area contributed by atoms with Crippen LogP contribution in [0.4, 0.5) is 5.95 Å². The molecule has 2 aromatic rings. The van der Waals surface area contributed by atoms with E-state index in [1.54, 1.807) is 0 Å². The average molecular weight is 253 g/mol. The molecule has 1 heterocycles. The van der Waals surface area contributed by atoms with Gasteiger partial charge in [-0.25, -0.2) is 9.97 Å². The maximum Gasteiger partial charge on any atom is 0.223 e. The van der Waals surface area contributed by atoms with Crippen LogP contribution in [0, 0.1) is 0 Å². The minimum absolute atomic E-state index is 0.711. The van der Waals surface area contributed by atoms with Crippen molar-refractivity contribution in [2.24, 2.45) is 0 Å². The first-order chi connectivity index (χ1) is 9.38. The highest BCUT2D eigenvalue weighted by atomic mass is 15.1. The highest BCUT2D eigenvalue weighted by molar-refractivity contribution is 5.65. The van der Waals surface area contributed by atoms with E-state index in [1.807, 2.05) is 12.3 Å². The third-order valence-electron chi connectivity index (χ3n) is 3.77. The van der Waals surface area contributed by atoms with Gasteiger partial charge in [-0.05, 0) is 37.3 Å². The second-order valence-corrected chi connectivity index (χ2v) is 5.01. The first kappa shape index (κ1) is 12.2. The van der Waals surface area contributed by atoms with E-state index in [0.717, 1.165) is 12.2 Å². The van der Waals surface area contributed by atoms with Crippen LogP contribution < -0.4 is 5.32 Å². The van der Waals surface area contributed by atoms with Gasteiger partial charge in [-0.2, -0.15) is 0 Å². The smallest absolute Gasteiger partial charge is 0.223 e. The molecule has 19 heavy (non-hydrogen) atoms. The molecule has 0 atom stereocenters. The lowest BCUT2D eigenvalue weighted by Gasteiger charge is -2.27. The maximum atomic E-state index is 4.61. The second-order valence-electron chi connectivity index (χ2n) is 5.01. The molecule has 0 unspecified atom stereocenters. The molecule has 0 aliphatic heterocycles. The van der Waals surface area contributed by atoms with Gasteiger partial charge in [-0.15, -0.1) is 0 Å². The number of hydrogen-bond donors (Lipinski definition) is 1. The van der Waals surface area contributed by atoms with Crippen LogP contribution in [0.5, 0.6) is 0 Å². The summed E-state index contributed by atoms with van der Waals surface area (Å²) < 4.78 is 0. The van der Waals surface area contributed by atoms with Crippen molar-refractivity contribution in [1.82, 2.24) is 9.97 Å². The molecule has 0 radical (unpaired) electrons. The van der Waals surface area contributed by atoms with Gasteiger partial charge in [0.1, 0.15) is 0 Å². The summed E-state index contributed by atoms with van der Waals surface area (Å²) in [5.74, 6) is 1.43. The molecule has 1 aromatic heterocycles. The van der Waals surface area contributed by atoms with E-state index in [0.29, 0.717) is 11.9 Å². The lowest BCUT2D eigenvalue weighted by atomic mass is 9.78. The van der Waals surface area contributed by atoms with Crippen LogP contribution in [0.2, 0.25) is 0 Å². The molecule has 0 amide bonds. The van der Waals surface area contributed by atoms with E-state index in [9.17, 15) is 0 Å². The van der Waals surface area contributed by atoms with Gasteiger partial charge in [0.25, 0.3) is 0 Å². The van der Waals surface area contributed by atoms with Gasteiger partial charge in [-0.3, -0.25) is 0 Å². The molecular formula is C16H19N3. The van der Waals surface area contributed by atoms with Gasteiger partial charge in [-0.1, -0.05) is 30.7 Å². The first-order valence-corrected chi connectivity index (χ1v) is 7.04. The third-order valence-corrected chi connectivity index (χ3v) is 3.77. The Morgan fingerprint density at radius 1 is 1.21 bits per heavy atom. The lowest BCUT2D eigenvalue weighted by Crippen LogP contribution is -2.10. The Morgan fingerprint density at radius 2 is 2.05 bits per heavy atom. The number of benzene rings is 1. The van der Waals surface area contributed by atoms with Crippen molar-refractivity contribution >= 4 is 5.95 Å². The van der Waals surface area contributed by atoms with Crippen LogP contribution in [0.25, 0.3) is 11.3 Å². The van der Waals surface area contributed by atoms with Crippen LogP contribution in [0.1, 0.15) is 37.7 Å². The van der Waals surface area contributed by atoms with Gasteiger partial charge in [0.15, 0.2) is 0 Å². The van der Waals surface area contributed by atoms with Crippen molar-refractivity contribution in [2.45, 2.75) is 32.1 Å². The van der Waals surface area contributed by atoms with Crippen molar-refractivity contribution in [3.05, 3.63) is 42.1 Å². The van der Waals surface area contributed by atoms with Gasteiger partial charge in [0.2, 0.25) is 5.95 Å². The molecule has 1 N–H and O–H groups in total. The summed E-state index contributed by atoms with van der Waals surface area (Å²) >= 11 is 0.